The van der Waals surface area contributed by atoms with Gasteiger partial charge in [0.2, 0.25) is 11.8 Å². The summed E-state index contributed by atoms with van der Waals surface area (Å²) < 4.78 is 13.3. The summed E-state index contributed by atoms with van der Waals surface area (Å²) >= 11 is 0. The Morgan fingerprint density at radius 1 is 0.935 bits per heavy atom. The molecule has 4 nitrogen and oxygen atoms in total. The minimum atomic E-state index is -0.557. The molecular formula is C26H35FN2O2. The van der Waals surface area contributed by atoms with Crippen LogP contribution in [-0.4, -0.2) is 29.3 Å². The Hall–Kier alpha value is -2.69. The molecule has 1 N–H and O–H groups in total. The van der Waals surface area contributed by atoms with E-state index in [0.29, 0.717) is 31.7 Å². The van der Waals surface area contributed by atoms with Gasteiger partial charge in [0, 0.05) is 19.5 Å². The van der Waals surface area contributed by atoms with Gasteiger partial charge >= 0.3 is 0 Å². The molecular weight excluding hydrogens is 391 g/mol. The maximum absolute atomic E-state index is 13.3. The Labute approximate surface area is 185 Å². The molecule has 31 heavy (non-hydrogen) atoms. The predicted molar refractivity (Wildman–Crippen MR) is 123 cm³/mol. The summed E-state index contributed by atoms with van der Waals surface area (Å²) in [5.41, 5.74) is 3.17. The summed E-state index contributed by atoms with van der Waals surface area (Å²) in [5.74, 6) is -0.206. The molecule has 0 saturated heterocycles. The maximum Gasteiger partial charge on any atom is 0.242 e. The highest BCUT2D eigenvalue weighted by atomic mass is 19.1. The molecule has 0 bridgehead atoms. The largest absolute Gasteiger partial charge is 0.354 e. The highest BCUT2D eigenvalue weighted by molar-refractivity contribution is 5.87. The highest BCUT2D eigenvalue weighted by Crippen LogP contribution is 2.16. The number of benzene rings is 2. The van der Waals surface area contributed by atoms with E-state index in [4.69, 9.17) is 0 Å². The van der Waals surface area contributed by atoms with Gasteiger partial charge < -0.3 is 10.2 Å². The minimum Gasteiger partial charge on any atom is -0.354 e. The van der Waals surface area contributed by atoms with Crippen molar-refractivity contribution in [1.29, 1.82) is 0 Å². The van der Waals surface area contributed by atoms with E-state index in [1.54, 1.807) is 17.0 Å². The van der Waals surface area contributed by atoms with Crippen LogP contribution in [-0.2, 0) is 29.0 Å². The topological polar surface area (TPSA) is 49.4 Å². The van der Waals surface area contributed by atoms with Crippen LogP contribution in [0.5, 0.6) is 0 Å². The zero-order chi connectivity index (χ0) is 22.8. The van der Waals surface area contributed by atoms with Gasteiger partial charge in [-0.25, -0.2) is 4.39 Å². The van der Waals surface area contributed by atoms with E-state index < -0.39 is 6.04 Å². The van der Waals surface area contributed by atoms with Gasteiger partial charge in [0.1, 0.15) is 11.9 Å². The molecule has 0 fully saturated rings. The third-order valence-corrected chi connectivity index (χ3v) is 5.40. The number of rotatable bonds is 11. The predicted octanol–water partition coefficient (Wildman–Crippen LogP) is 4.90. The molecule has 0 aliphatic rings. The molecule has 2 aromatic rings. The van der Waals surface area contributed by atoms with E-state index >= 15 is 0 Å². The number of carbonyl (C=O) groups is 2. The van der Waals surface area contributed by atoms with Crippen molar-refractivity contribution in [2.45, 2.75) is 66.0 Å². The van der Waals surface area contributed by atoms with Crippen LogP contribution in [0.3, 0.4) is 0 Å². The number of carbonyl (C=O) groups excluding carboxylic acids is 2. The summed E-state index contributed by atoms with van der Waals surface area (Å²) in [6.45, 7) is 8.94. The second kappa shape index (κ2) is 12.2. The Morgan fingerprint density at radius 2 is 1.52 bits per heavy atom. The lowest BCUT2D eigenvalue weighted by Gasteiger charge is -2.31. The third-order valence-electron chi connectivity index (χ3n) is 5.40. The SMILES string of the molecule is CCc1ccc(CCC(=O)N(Cc2ccc(F)cc2)C(CC)C(=O)NCC(C)C)cc1. The van der Waals surface area contributed by atoms with Crippen LogP contribution in [0.1, 0.15) is 57.2 Å². The van der Waals surface area contributed by atoms with Crippen molar-refractivity contribution in [2.24, 2.45) is 5.92 Å². The number of hydrogen-bond acceptors (Lipinski definition) is 2. The smallest absolute Gasteiger partial charge is 0.242 e. The molecule has 2 aromatic carbocycles. The van der Waals surface area contributed by atoms with Gasteiger partial charge in [0.05, 0.1) is 0 Å². The first-order valence-electron chi connectivity index (χ1n) is 11.2. The van der Waals surface area contributed by atoms with Crippen LogP contribution in [0.2, 0.25) is 0 Å². The fourth-order valence-corrected chi connectivity index (χ4v) is 3.47. The van der Waals surface area contributed by atoms with Crippen molar-refractivity contribution in [1.82, 2.24) is 10.2 Å². The molecule has 5 heteroatoms. The van der Waals surface area contributed by atoms with E-state index in [0.717, 1.165) is 17.5 Å². The molecule has 2 rings (SSSR count). The third kappa shape index (κ3) is 7.82. The number of amides is 2. The van der Waals surface area contributed by atoms with Crippen LogP contribution in [0.4, 0.5) is 4.39 Å². The van der Waals surface area contributed by atoms with E-state index in [-0.39, 0.29) is 24.2 Å². The first-order chi connectivity index (χ1) is 14.8. The standard InChI is InChI=1S/C26H35FN2O2/c1-5-20-7-9-21(10-8-20)13-16-25(30)29(18-22-11-14-23(27)15-12-22)24(6-2)26(31)28-17-19(3)4/h7-12,14-15,19,24H,5-6,13,16-18H2,1-4H3,(H,28,31). The quantitative estimate of drug-likeness (QED) is 0.556. The lowest BCUT2D eigenvalue weighted by molar-refractivity contribution is -0.141. The molecule has 0 aliphatic heterocycles. The first kappa shape index (κ1) is 24.6. The molecule has 0 heterocycles. The van der Waals surface area contributed by atoms with E-state index in [1.807, 2.05) is 20.8 Å². The van der Waals surface area contributed by atoms with E-state index in [1.165, 1.54) is 17.7 Å². The molecule has 0 saturated carbocycles. The zero-order valence-electron chi connectivity index (χ0n) is 19.2. The number of nitrogens with zero attached hydrogens (tertiary/aromatic N) is 1. The molecule has 168 valence electrons. The number of halogens is 1. The normalized spacial score (nSPS) is 11.9. The number of hydrogen-bond donors (Lipinski definition) is 1. The van der Waals surface area contributed by atoms with Crippen molar-refractivity contribution in [3.63, 3.8) is 0 Å². The number of aryl methyl sites for hydroxylation is 2. The second-order valence-electron chi connectivity index (χ2n) is 8.38. The Balaban J connectivity index is 2.16. The van der Waals surface area contributed by atoms with Gasteiger partial charge in [-0.3, -0.25) is 9.59 Å². The van der Waals surface area contributed by atoms with Crippen LogP contribution in [0.25, 0.3) is 0 Å². The zero-order valence-corrected chi connectivity index (χ0v) is 19.2. The highest BCUT2D eigenvalue weighted by Gasteiger charge is 2.28. The lowest BCUT2D eigenvalue weighted by Crippen LogP contribution is -2.49. The monoisotopic (exact) mass is 426 g/mol. The van der Waals surface area contributed by atoms with Gasteiger partial charge in [-0.2, -0.15) is 0 Å². The molecule has 0 spiro atoms. The molecule has 0 aliphatic carbocycles. The van der Waals surface area contributed by atoms with Gasteiger partial charge in [-0.05, 0) is 54.0 Å². The second-order valence-corrected chi connectivity index (χ2v) is 8.38. The number of nitrogens with one attached hydrogen (secondary N) is 1. The molecule has 0 radical (unpaired) electrons. The Bertz CT molecular complexity index is 831. The summed E-state index contributed by atoms with van der Waals surface area (Å²) in [4.78, 5) is 27.7. The van der Waals surface area contributed by atoms with Crippen molar-refractivity contribution in [2.75, 3.05) is 6.54 Å². The molecule has 2 amide bonds. The summed E-state index contributed by atoms with van der Waals surface area (Å²) in [6, 6.07) is 13.8. The van der Waals surface area contributed by atoms with E-state index in [2.05, 4.69) is 36.5 Å². The lowest BCUT2D eigenvalue weighted by atomic mass is 10.0. The summed E-state index contributed by atoms with van der Waals surface area (Å²) in [7, 11) is 0. The Morgan fingerprint density at radius 3 is 2.06 bits per heavy atom. The van der Waals surface area contributed by atoms with Gasteiger partial charge in [0.15, 0.2) is 0 Å². The molecule has 1 atom stereocenters. The van der Waals surface area contributed by atoms with Crippen molar-refractivity contribution < 1.29 is 14.0 Å². The maximum atomic E-state index is 13.3. The average molecular weight is 427 g/mol. The summed E-state index contributed by atoms with van der Waals surface area (Å²) in [5, 5.41) is 2.96. The van der Waals surface area contributed by atoms with Gasteiger partial charge in [-0.15, -0.1) is 0 Å². The van der Waals surface area contributed by atoms with Crippen LogP contribution >= 0.6 is 0 Å². The van der Waals surface area contributed by atoms with Crippen LogP contribution < -0.4 is 5.32 Å². The summed E-state index contributed by atoms with van der Waals surface area (Å²) in [6.07, 6.45) is 2.43. The van der Waals surface area contributed by atoms with Crippen molar-refractivity contribution >= 4 is 11.8 Å². The molecule has 1 unspecified atom stereocenters. The van der Waals surface area contributed by atoms with E-state index in [9.17, 15) is 14.0 Å². The fraction of sp³-hybridized carbons (Fsp3) is 0.462. The molecule has 0 aromatic heterocycles. The van der Waals surface area contributed by atoms with Crippen LogP contribution in [0.15, 0.2) is 48.5 Å². The average Bonchev–Trinajstić information content (AvgIpc) is 2.77. The van der Waals surface area contributed by atoms with Gasteiger partial charge in [0.25, 0.3) is 0 Å². The van der Waals surface area contributed by atoms with Crippen molar-refractivity contribution in [3.05, 3.63) is 71.0 Å². The van der Waals surface area contributed by atoms with Crippen LogP contribution in [0, 0.1) is 11.7 Å². The van der Waals surface area contributed by atoms with Gasteiger partial charge in [-0.1, -0.05) is 64.1 Å². The Kier molecular flexibility index (Phi) is 9.70. The first-order valence-corrected chi connectivity index (χ1v) is 11.2. The minimum absolute atomic E-state index is 0.0737. The fourth-order valence-electron chi connectivity index (χ4n) is 3.47. The van der Waals surface area contributed by atoms with Crippen molar-refractivity contribution in [3.8, 4) is 0 Å².